The number of aliphatic hydroxyl groups is 1. The molecule has 1 aromatic carbocycles. The summed E-state index contributed by atoms with van der Waals surface area (Å²) in [6.45, 7) is 6.01. The number of aromatic nitrogens is 3. The predicted octanol–water partition coefficient (Wildman–Crippen LogP) is 1.71. The van der Waals surface area contributed by atoms with E-state index >= 15 is 0 Å². The molecule has 1 heterocycles. The number of carbonyl (C=O) groups excluding carboxylic acids is 1. The van der Waals surface area contributed by atoms with Crippen LogP contribution in [-0.4, -0.2) is 38.7 Å². The fraction of sp³-hybridized carbons (Fsp3) is 0.438. The van der Waals surface area contributed by atoms with Gasteiger partial charge >= 0.3 is 0 Å². The summed E-state index contributed by atoms with van der Waals surface area (Å²) in [5, 5.41) is 20.0. The lowest BCUT2D eigenvalue weighted by Crippen LogP contribution is -2.38. The molecule has 22 heavy (non-hydrogen) atoms. The maximum Gasteiger partial charge on any atom is 0.273 e. The Bertz CT molecular complexity index is 619. The van der Waals surface area contributed by atoms with Crippen molar-refractivity contribution in [3.05, 3.63) is 41.7 Å². The average Bonchev–Trinajstić information content (AvgIpc) is 2.96. The number of benzene rings is 1. The van der Waals surface area contributed by atoms with Gasteiger partial charge in [-0.1, -0.05) is 36.8 Å². The van der Waals surface area contributed by atoms with Gasteiger partial charge < -0.3 is 10.4 Å². The molecule has 2 rings (SSSR count). The Morgan fingerprint density at radius 2 is 2.00 bits per heavy atom. The lowest BCUT2D eigenvalue weighted by molar-refractivity contribution is 0.0903. The molecule has 6 nitrogen and oxygen atoms in total. The summed E-state index contributed by atoms with van der Waals surface area (Å²) in [6, 6.07) is 7.52. The molecule has 0 saturated carbocycles. The molecule has 0 bridgehead atoms. The minimum Gasteiger partial charge on any atom is -0.394 e. The van der Waals surface area contributed by atoms with Crippen molar-refractivity contribution in [1.29, 1.82) is 0 Å². The summed E-state index contributed by atoms with van der Waals surface area (Å²) >= 11 is 0. The molecule has 0 aliphatic rings. The van der Waals surface area contributed by atoms with Gasteiger partial charge in [-0.25, -0.2) is 4.68 Å². The van der Waals surface area contributed by atoms with Crippen LogP contribution in [0.25, 0.3) is 5.69 Å². The molecule has 2 N–H and O–H groups in total. The molecule has 1 aromatic heterocycles. The number of amides is 1. The number of aliphatic hydroxyl groups excluding tert-OH is 1. The number of hydrogen-bond acceptors (Lipinski definition) is 4. The summed E-state index contributed by atoms with van der Waals surface area (Å²) in [5.41, 5.74) is 2.24. The van der Waals surface area contributed by atoms with E-state index < -0.39 is 0 Å². The van der Waals surface area contributed by atoms with Gasteiger partial charge in [-0.3, -0.25) is 4.79 Å². The molecule has 1 atom stereocenters. The first kappa shape index (κ1) is 16.2. The first-order valence-electron chi connectivity index (χ1n) is 7.40. The zero-order chi connectivity index (χ0) is 16.1. The third-order valence-corrected chi connectivity index (χ3v) is 3.34. The van der Waals surface area contributed by atoms with Crippen molar-refractivity contribution in [1.82, 2.24) is 20.3 Å². The standard InChI is InChI=1S/C16H22N4O2/c1-11(2)8-13(10-21)17-16(22)15-9-20(19-18-15)14-6-4-12(3)5-7-14/h4-7,9,11,13,21H,8,10H2,1-3H3,(H,17,22). The van der Waals surface area contributed by atoms with Crippen LogP contribution in [0.15, 0.2) is 30.5 Å². The van der Waals surface area contributed by atoms with Crippen LogP contribution in [0.1, 0.15) is 36.3 Å². The number of rotatable bonds is 6. The van der Waals surface area contributed by atoms with Crippen LogP contribution in [-0.2, 0) is 0 Å². The van der Waals surface area contributed by atoms with E-state index in [-0.39, 0.29) is 24.2 Å². The molecule has 0 radical (unpaired) electrons. The van der Waals surface area contributed by atoms with Crippen LogP contribution < -0.4 is 5.32 Å². The number of aryl methyl sites for hydroxylation is 1. The zero-order valence-corrected chi connectivity index (χ0v) is 13.2. The minimum atomic E-state index is -0.321. The van der Waals surface area contributed by atoms with E-state index in [1.54, 1.807) is 10.9 Å². The van der Waals surface area contributed by atoms with Crippen molar-refractivity contribution in [2.45, 2.75) is 33.2 Å². The highest BCUT2D eigenvalue weighted by atomic mass is 16.3. The number of nitrogens with zero attached hydrogens (tertiary/aromatic N) is 3. The minimum absolute atomic E-state index is 0.0873. The summed E-state index contributed by atoms with van der Waals surface area (Å²) in [7, 11) is 0. The fourth-order valence-corrected chi connectivity index (χ4v) is 2.20. The average molecular weight is 302 g/mol. The first-order valence-corrected chi connectivity index (χ1v) is 7.40. The third kappa shape index (κ3) is 4.14. The lowest BCUT2D eigenvalue weighted by atomic mass is 10.0. The van der Waals surface area contributed by atoms with Gasteiger partial charge in [0.15, 0.2) is 5.69 Å². The highest BCUT2D eigenvalue weighted by molar-refractivity contribution is 5.92. The molecule has 0 aliphatic heterocycles. The summed E-state index contributed by atoms with van der Waals surface area (Å²) in [5.74, 6) is 0.0683. The van der Waals surface area contributed by atoms with E-state index in [0.717, 1.165) is 11.3 Å². The Hall–Kier alpha value is -2.21. The molecule has 0 fully saturated rings. The molecule has 6 heteroatoms. The van der Waals surface area contributed by atoms with Crippen molar-refractivity contribution < 1.29 is 9.90 Å². The maximum absolute atomic E-state index is 12.2. The second kappa shape index (κ2) is 7.17. The van der Waals surface area contributed by atoms with Gasteiger partial charge in [0.25, 0.3) is 5.91 Å². The van der Waals surface area contributed by atoms with E-state index in [4.69, 9.17) is 0 Å². The van der Waals surface area contributed by atoms with E-state index in [2.05, 4.69) is 15.6 Å². The summed E-state index contributed by atoms with van der Waals surface area (Å²) in [4.78, 5) is 12.2. The molecule has 0 spiro atoms. The Morgan fingerprint density at radius 3 is 2.59 bits per heavy atom. The molecule has 1 amide bonds. The van der Waals surface area contributed by atoms with Gasteiger partial charge in [0.2, 0.25) is 0 Å². The Morgan fingerprint density at radius 1 is 1.32 bits per heavy atom. The molecular weight excluding hydrogens is 280 g/mol. The van der Waals surface area contributed by atoms with Crippen LogP contribution in [0.5, 0.6) is 0 Å². The molecule has 0 aliphatic carbocycles. The van der Waals surface area contributed by atoms with Gasteiger partial charge in [-0.2, -0.15) is 0 Å². The Kier molecular flexibility index (Phi) is 5.27. The Labute approximate surface area is 130 Å². The largest absolute Gasteiger partial charge is 0.394 e. The van der Waals surface area contributed by atoms with Crippen molar-refractivity contribution >= 4 is 5.91 Å². The second-order valence-corrected chi connectivity index (χ2v) is 5.87. The highest BCUT2D eigenvalue weighted by Gasteiger charge is 2.17. The second-order valence-electron chi connectivity index (χ2n) is 5.87. The van der Waals surface area contributed by atoms with Crippen LogP contribution in [0, 0.1) is 12.8 Å². The van der Waals surface area contributed by atoms with Gasteiger partial charge in [0, 0.05) is 0 Å². The Balaban J connectivity index is 2.07. The predicted molar refractivity (Wildman–Crippen MR) is 83.9 cm³/mol. The quantitative estimate of drug-likeness (QED) is 0.851. The molecular formula is C16H22N4O2. The van der Waals surface area contributed by atoms with E-state index in [9.17, 15) is 9.90 Å². The van der Waals surface area contributed by atoms with Crippen LogP contribution in [0.4, 0.5) is 0 Å². The van der Waals surface area contributed by atoms with Crippen molar-refractivity contribution in [3.63, 3.8) is 0 Å². The summed E-state index contributed by atoms with van der Waals surface area (Å²) in [6.07, 6.45) is 2.30. The smallest absolute Gasteiger partial charge is 0.273 e. The maximum atomic E-state index is 12.2. The van der Waals surface area contributed by atoms with Gasteiger partial charge in [0.1, 0.15) is 0 Å². The highest BCUT2D eigenvalue weighted by Crippen LogP contribution is 2.09. The van der Waals surface area contributed by atoms with Gasteiger partial charge in [-0.05, 0) is 31.4 Å². The van der Waals surface area contributed by atoms with Crippen LogP contribution >= 0.6 is 0 Å². The molecule has 2 aromatic rings. The van der Waals surface area contributed by atoms with E-state index in [1.807, 2.05) is 45.0 Å². The van der Waals surface area contributed by atoms with Gasteiger partial charge in [0.05, 0.1) is 24.5 Å². The zero-order valence-electron chi connectivity index (χ0n) is 13.2. The van der Waals surface area contributed by atoms with Crippen molar-refractivity contribution in [2.75, 3.05) is 6.61 Å². The third-order valence-electron chi connectivity index (χ3n) is 3.34. The topological polar surface area (TPSA) is 80.0 Å². The molecule has 1 unspecified atom stereocenters. The van der Waals surface area contributed by atoms with E-state index in [1.165, 1.54) is 0 Å². The van der Waals surface area contributed by atoms with Crippen molar-refractivity contribution in [2.24, 2.45) is 5.92 Å². The normalized spacial score (nSPS) is 12.4. The monoisotopic (exact) mass is 302 g/mol. The number of hydrogen-bond donors (Lipinski definition) is 2. The molecule has 118 valence electrons. The molecule has 0 saturated heterocycles. The fourth-order valence-electron chi connectivity index (χ4n) is 2.20. The van der Waals surface area contributed by atoms with Gasteiger partial charge in [-0.15, -0.1) is 5.10 Å². The number of nitrogens with one attached hydrogen (secondary N) is 1. The van der Waals surface area contributed by atoms with Crippen LogP contribution in [0.2, 0.25) is 0 Å². The lowest BCUT2D eigenvalue weighted by Gasteiger charge is -2.17. The summed E-state index contributed by atoms with van der Waals surface area (Å²) < 4.78 is 1.56. The van der Waals surface area contributed by atoms with Crippen LogP contribution in [0.3, 0.4) is 0 Å². The number of carbonyl (C=O) groups is 1. The SMILES string of the molecule is Cc1ccc(-n2cc(C(=O)NC(CO)CC(C)C)nn2)cc1. The van der Waals surface area contributed by atoms with E-state index in [0.29, 0.717) is 12.3 Å². The van der Waals surface area contributed by atoms with Crippen molar-refractivity contribution in [3.8, 4) is 5.69 Å². The first-order chi connectivity index (χ1) is 10.5.